The molecule has 0 nitrogen and oxygen atoms in total. The number of benzene rings is 4. The minimum atomic E-state index is 1.09. The zero-order chi connectivity index (χ0) is 18.1. The van der Waals surface area contributed by atoms with Gasteiger partial charge in [-0.3, -0.25) is 0 Å². The molecule has 4 aromatic carbocycles. The molecule has 0 bridgehead atoms. The van der Waals surface area contributed by atoms with Crippen LogP contribution >= 0.6 is 11.3 Å². The molecule has 1 aromatic heterocycles. The van der Waals surface area contributed by atoms with E-state index in [1.807, 2.05) is 11.3 Å². The molecule has 0 saturated carbocycles. The van der Waals surface area contributed by atoms with Crippen LogP contribution in [0.4, 0.5) is 0 Å². The van der Waals surface area contributed by atoms with Gasteiger partial charge in [-0.05, 0) is 58.1 Å². The molecule has 0 atom stereocenters. The highest BCUT2D eigenvalue weighted by atomic mass is 32.1. The predicted molar refractivity (Wildman–Crippen MR) is 119 cm³/mol. The molecule has 5 rings (SSSR count). The average molecular weight is 365 g/mol. The first-order valence-corrected chi connectivity index (χ1v) is 10.2. The molecular formula is C26H20S. The Morgan fingerprint density at radius 3 is 1.89 bits per heavy atom. The number of hydrogen-bond acceptors (Lipinski definition) is 1. The van der Waals surface area contributed by atoms with Gasteiger partial charge in [0.15, 0.2) is 0 Å². The fraction of sp³-hybridized carbons (Fsp3) is 0.0769. The van der Waals surface area contributed by atoms with E-state index in [1.54, 1.807) is 0 Å². The van der Waals surface area contributed by atoms with Gasteiger partial charge >= 0.3 is 0 Å². The van der Waals surface area contributed by atoms with Crippen LogP contribution in [0.15, 0.2) is 97.1 Å². The van der Waals surface area contributed by atoms with Crippen LogP contribution in [0.25, 0.3) is 32.0 Å². The molecule has 5 aromatic rings. The van der Waals surface area contributed by atoms with E-state index in [-0.39, 0.29) is 0 Å². The van der Waals surface area contributed by atoms with E-state index in [4.69, 9.17) is 0 Å². The zero-order valence-corrected chi connectivity index (χ0v) is 15.9. The van der Waals surface area contributed by atoms with E-state index < -0.39 is 0 Å². The van der Waals surface area contributed by atoms with Crippen LogP contribution in [0, 0.1) is 0 Å². The Kier molecular flexibility index (Phi) is 4.23. The number of fused-ring (bicyclic) bond motifs is 2. The number of thiophene rings is 1. The van der Waals surface area contributed by atoms with Crippen molar-refractivity contribution in [3.63, 3.8) is 0 Å². The molecule has 27 heavy (non-hydrogen) atoms. The van der Waals surface area contributed by atoms with Crippen LogP contribution in [0.5, 0.6) is 0 Å². The van der Waals surface area contributed by atoms with Gasteiger partial charge in [0.2, 0.25) is 0 Å². The molecule has 0 spiro atoms. The van der Waals surface area contributed by atoms with Gasteiger partial charge in [-0.15, -0.1) is 11.3 Å². The second-order valence-electron chi connectivity index (χ2n) is 6.95. The van der Waals surface area contributed by atoms with Gasteiger partial charge < -0.3 is 0 Å². The van der Waals surface area contributed by atoms with Crippen molar-refractivity contribution in [2.24, 2.45) is 0 Å². The topological polar surface area (TPSA) is 0 Å². The Bertz CT molecular complexity index is 1160. The lowest BCUT2D eigenvalue weighted by atomic mass is 9.96. The van der Waals surface area contributed by atoms with Crippen molar-refractivity contribution in [3.8, 4) is 10.4 Å². The Morgan fingerprint density at radius 1 is 0.556 bits per heavy atom. The minimum absolute atomic E-state index is 1.09. The summed E-state index contributed by atoms with van der Waals surface area (Å²) in [5, 5.41) is 5.30. The Hall–Kier alpha value is -2.90. The molecule has 1 heterocycles. The summed E-state index contributed by atoms with van der Waals surface area (Å²) >= 11 is 1.93. The van der Waals surface area contributed by atoms with Gasteiger partial charge in [0.1, 0.15) is 0 Å². The quantitative estimate of drug-likeness (QED) is 0.289. The SMILES string of the molecule is c1ccc(CCc2ccc(-c3c4ccccc4cc4ccccc34)s2)cc1. The second-order valence-corrected chi connectivity index (χ2v) is 8.11. The zero-order valence-electron chi connectivity index (χ0n) is 15.1. The van der Waals surface area contributed by atoms with Crippen LogP contribution in [0.3, 0.4) is 0 Å². The molecule has 0 aliphatic rings. The monoisotopic (exact) mass is 364 g/mol. The Morgan fingerprint density at radius 2 is 1.19 bits per heavy atom. The summed E-state index contributed by atoms with van der Waals surface area (Å²) in [5.74, 6) is 0. The van der Waals surface area contributed by atoms with Gasteiger partial charge in [-0.1, -0.05) is 78.9 Å². The van der Waals surface area contributed by atoms with Crippen molar-refractivity contribution in [3.05, 3.63) is 108 Å². The van der Waals surface area contributed by atoms with Crippen LogP contribution in [-0.2, 0) is 12.8 Å². The number of rotatable bonds is 4. The molecule has 0 aliphatic carbocycles. The highest BCUT2D eigenvalue weighted by molar-refractivity contribution is 7.15. The van der Waals surface area contributed by atoms with Crippen LogP contribution < -0.4 is 0 Å². The first-order chi connectivity index (χ1) is 13.4. The first-order valence-electron chi connectivity index (χ1n) is 9.42. The lowest BCUT2D eigenvalue weighted by molar-refractivity contribution is 0.981. The smallest absolute Gasteiger partial charge is 0.0358 e. The molecule has 0 aliphatic heterocycles. The molecule has 0 unspecified atom stereocenters. The van der Waals surface area contributed by atoms with Crippen LogP contribution in [0.2, 0.25) is 0 Å². The third-order valence-electron chi connectivity index (χ3n) is 5.18. The van der Waals surface area contributed by atoms with E-state index in [0.29, 0.717) is 0 Å². The summed E-state index contributed by atoms with van der Waals surface area (Å²) in [6, 6.07) is 35.1. The van der Waals surface area contributed by atoms with Gasteiger partial charge in [0.25, 0.3) is 0 Å². The highest BCUT2D eigenvalue weighted by Crippen LogP contribution is 2.39. The fourth-order valence-electron chi connectivity index (χ4n) is 3.84. The van der Waals surface area contributed by atoms with Gasteiger partial charge in [0, 0.05) is 15.3 Å². The summed E-state index contributed by atoms with van der Waals surface area (Å²) in [6.07, 6.45) is 2.19. The third kappa shape index (κ3) is 3.15. The van der Waals surface area contributed by atoms with E-state index in [2.05, 4.69) is 97.1 Å². The van der Waals surface area contributed by atoms with Crippen LogP contribution in [-0.4, -0.2) is 0 Å². The van der Waals surface area contributed by atoms with Gasteiger partial charge in [0.05, 0.1) is 0 Å². The van der Waals surface area contributed by atoms with Crippen molar-refractivity contribution in [2.45, 2.75) is 12.8 Å². The summed E-state index contributed by atoms with van der Waals surface area (Å²) in [4.78, 5) is 2.82. The third-order valence-corrected chi connectivity index (χ3v) is 6.34. The summed E-state index contributed by atoms with van der Waals surface area (Å²) < 4.78 is 0. The van der Waals surface area contributed by atoms with Crippen molar-refractivity contribution >= 4 is 32.9 Å². The summed E-state index contributed by atoms with van der Waals surface area (Å²) in [5.41, 5.74) is 2.78. The molecule has 130 valence electrons. The van der Waals surface area contributed by atoms with Crippen LogP contribution in [0.1, 0.15) is 10.4 Å². The average Bonchev–Trinajstić information content (AvgIpc) is 3.20. The Labute approximate surface area is 163 Å². The standard InChI is InChI=1S/C26H20S/c1-2-8-19(9-3-1)14-15-22-16-17-25(27-22)26-23-12-6-4-10-20(23)18-21-11-5-7-13-24(21)26/h1-13,16-18H,14-15H2. The van der Waals surface area contributed by atoms with E-state index in [0.717, 1.165) is 12.8 Å². The van der Waals surface area contributed by atoms with E-state index >= 15 is 0 Å². The molecule has 0 radical (unpaired) electrons. The molecule has 0 N–H and O–H groups in total. The van der Waals surface area contributed by atoms with E-state index in [1.165, 1.54) is 42.4 Å². The molecule has 0 amide bonds. The molecule has 0 saturated heterocycles. The maximum absolute atomic E-state index is 2.31. The lowest BCUT2D eigenvalue weighted by Crippen LogP contribution is -1.87. The van der Waals surface area contributed by atoms with Crippen molar-refractivity contribution in [1.29, 1.82) is 0 Å². The Balaban J connectivity index is 1.58. The van der Waals surface area contributed by atoms with Crippen molar-refractivity contribution in [2.75, 3.05) is 0 Å². The first kappa shape index (κ1) is 16.3. The van der Waals surface area contributed by atoms with E-state index in [9.17, 15) is 0 Å². The minimum Gasteiger partial charge on any atom is -0.140 e. The molecule has 0 fully saturated rings. The molecule has 1 heteroatoms. The molecular weight excluding hydrogens is 344 g/mol. The maximum Gasteiger partial charge on any atom is 0.0358 e. The van der Waals surface area contributed by atoms with Gasteiger partial charge in [-0.25, -0.2) is 0 Å². The van der Waals surface area contributed by atoms with Crippen molar-refractivity contribution in [1.82, 2.24) is 0 Å². The highest BCUT2D eigenvalue weighted by Gasteiger charge is 2.12. The fourth-order valence-corrected chi connectivity index (χ4v) is 4.92. The summed E-state index contributed by atoms with van der Waals surface area (Å²) in [6.45, 7) is 0. The predicted octanol–water partition coefficient (Wildman–Crippen LogP) is 7.51. The lowest BCUT2D eigenvalue weighted by Gasteiger charge is -2.10. The largest absolute Gasteiger partial charge is 0.140 e. The normalized spacial score (nSPS) is 11.3. The second kappa shape index (κ2) is 7.02. The number of hydrogen-bond donors (Lipinski definition) is 0. The van der Waals surface area contributed by atoms with Gasteiger partial charge in [-0.2, -0.15) is 0 Å². The van der Waals surface area contributed by atoms with Crippen molar-refractivity contribution < 1.29 is 0 Å². The maximum atomic E-state index is 2.31. The summed E-state index contributed by atoms with van der Waals surface area (Å²) in [7, 11) is 0. The number of aryl methyl sites for hydroxylation is 2.